The minimum Gasteiger partial charge on any atom is -0.491 e. The SMILES string of the molecule is CCCc1cc(Cl)ccc1C1COc2ccc(C(O)C(=O)NSN3CCCC3)cc2N(CC2CCC2C(/C=C/CCN(C)C(C)=O)OC)C1. The van der Waals surface area contributed by atoms with Gasteiger partial charge >= 0.3 is 0 Å². The Labute approximate surface area is 301 Å². The van der Waals surface area contributed by atoms with Gasteiger partial charge in [0.05, 0.1) is 18.4 Å². The number of aryl methyl sites for hydroxylation is 1. The maximum atomic E-state index is 13.0. The lowest BCUT2D eigenvalue weighted by Crippen LogP contribution is -2.44. The molecule has 2 aromatic carbocycles. The minimum absolute atomic E-state index is 0.0164. The summed E-state index contributed by atoms with van der Waals surface area (Å²) >= 11 is 7.73. The first-order chi connectivity index (χ1) is 23.7. The lowest BCUT2D eigenvalue weighted by atomic mass is 9.70. The van der Waals surface area contributed by atoms with E-state index in [2.05, 4.69) is 45.1 Å². The standard InChI is InChI=1S/C38H53ClN4O5S/c1-5-10-27-21-31(39)14-16-32(27)30-24-42(23-29-12-15-33(29)35(47-4)11-6-7-18-41(3)26(2)44)34-22-28(13-17-36(34)48-25-30)37(45)38(46)40-49-43-19-8-9-20-43/h6,11,13-14,16-17,21-22,29-30,33,35,37,45H,5,7-10,12,15,18-20,23-25H2,1-4H3,(H,40,46)/b11-6+. The van der Waals surface area contributed by atoms with Crippen molar-refractivity contribution in [1.82, 2.24) is 13.9 Å². The Bertz CT molecular complexity index is 1450. The van der Waals surface area contributed by atoms with Gasteiger partial charge in [-0.05, 0) is 91.3 Å². The maximum absolute atomic E-state index is 13.0. The Morgan fingerprint density at radius 2 is 2.00 bits per heavy atom. The molecule has 268 valence electrons. The molecule has 2 aliphatic heterocycles. The summed E-state index contributed by atoms with van der Waals surface area (Å²) in [6.45, 7) is 8.35. The van der Waals surface area contributed by atoms with Crippen LogP contribution in [0.15, 0.2) is 48.6 Å². The van der Waals surface area contributed by atoms with E-state index < -0.39 is 12.0 Å². The molecule has 1 aliphatic carbocycles. The summed E-state index contributed by atoms with van der Waals surface area (Å²) in [5, 5.41) is 11.9. The molecule has 2 fully saturated rings. The van der Waals surface area contributed by atoms with Crippen molar-refractivity contribution in [1.29, 1.82) is 0 Å². The van der Waals surface area contributed by atoms with Crippen LogP contribution in [-0.4, -0.2) is 85.7 Å². The average molecular weight is 713 g/mol. The second kappa shape index (κ2) is 17.9. The average Bonchev–Trinajstić information content (AvgIpc) is 3.54. The Morgan fingerprint density at radius 1 is 1.20 bits per heavy atom. The van der Waals surface area contributed by atoms with E-state index in [-0.39, 0.29) is 17.9 Å². The predicted molar refractivity (Wildman–Crippen MR) is 198 cm³/mol. The van der Waals surface area contributed by atoms with Crippen LogP contribution < -0.4 is 14.4 Å². The highest BCUT2D eigenvalue weighted by atomic mass is 35.5. The highest BCUT2D eigenvalue weighted by Crippen LogP contribution is 2.43. The molecule has 0 radical (unpaired) electrons. The fourth-order valence-electron chi connectivity index (χ4n) is 7.19. The molecule has 5 unspecified atom stereocenters. The van der Waals surface area contributed by atoms with E-state index in [1.807, 2.05) is 25.2 Å². The number of methoxy groups -OCH3 is 1. The fourth-order valence-corrected chi connectivity index (χ4v) is 8.15. The van der Waals surface area contributed by atoms with E-state index in [0.29, 0.717) is 30.6 Å². The summed E-state index contributed by atoms with van der Waals surface area (Å²) in [5.41, 5.74) is 3.94. The summed E-state index contributed by atoms with van der Waals surface area (Å²) in [4.78, 5) is 28.8. The Morgan fingerprint density at radius 3 is 2.69 bits per heavy atom. The van der Waals surface area contributed by atoms with Crippen molar-refractivity contribution in [2.75, 3.05) is 58.4 Å². The smallest absolute Gasteiger partial charge is 0.264 e. The molecule has 11 heteroatoms. The Kier molecular flexibility index (Phi) is 13.7. The van der Waals surface area contributed by atoms with Crippen LogP contribution in [0.1, 0.15) is 81.1 Å². The zero-order valence-corrected chi connectivity index (χ0v) is 31.0. The molecule has 0 aromatic heterocycles. The van der Waals surface area contributed by atoms with Gasteiger partial charge in [0.15, 0.2) is 6.10 Å². The number of rotatable bonds is 15. The third kappa shape index (κ3) is 9.73. The molecule has 0 spiro atoms. The van der Waals surface area contributed by atoms with Gasteiger partial charge in [-0.3, -0.25) is 14.3 Å². The van der Waals surface area contributed by atoms with E-state index in [0.717, 1.165) is 87.6 Å². The zero-order chi connectivity index (χ0) is 34.9. The molecule has 5 atom stereocenters. The second-order valence-electron chi connectivity index (χ2n) is 13.7. The van der Waals surface area contributed by atoms with Gasteiger partial charge in [0, 0.05) is 76.9 Å². The Balaban J connectivity index is 1.37. The first kappa shape index (κ1) is 37.5. The largest absolute Gasteiger partial charge is 0.491 e. The van der Waals surface area contributed by atoms with Crippen molar-refractivity contribution < 1.29 is 24.2 Å². The van der Waals surface area contributed by atoms with Crippen LogP contribution in [0.4, 0.5) is 5.69 Å². The van der Waals surface area contributed by atoms with Crippen molar-refractivity contribution in [2.45, 2.75) is 76.9 Å². The van der Waals surface area contributed by atoms with Gasteiger partial charge in [-0.1, -0.05) is 49.2 Å². The highest BCUT2D eigenvalue weighted by molar-refractivity contribution is 7.95. The summed E-state index contributed by atoms with van der Waals surface area (Å²) in [6.07, 6.45) is 10.1. The summed E-state index contributed by atoms with van der Waals surface area (Å²) in [5.74, 6) is 1.24. The summed E-state index contributed by atoms with van der Waals surface area (Å²) < 4.78 is 17.5. The number of nitrogens with zero attached hydrogens (tertiary/aromatic N) is 3. The van der Waals surface area contributed by atoms with Crippen molar-refractivity contribution in [3.63, 3.8) is 0 Å². The molecule has 3 aliphatic rings. The molecular weight excluding hydrogens is 660 g/mol. The number of benzene rings is 2. The van der Waals surface area contributed by atoms with Crippen molar-refractivity contribution in [3.05, 3.63) is 70.3 Å². The maximum Gasteiger partial charge on any atom is 0.264 e. The predicted octanol–water partition coefficient (Wildman–Crippen LogP) is 6.55. The van der Waals surface area contributed by atoms with Gasteiger partial charge in [-0.2, -0.15) is 0 Å². The number of carbonyl (C=O) groups excluding carboxylic acids is 2. The van der Waals surface area contributed by atoms with Crippen LogP contribution in [-0.2, 0) is 20.7 Å². The Hall–Kier alpha value is -2.76. The molecule has 2 heterocycles. The normalized spacial score (nSPS) is 22.2. The lowest BCUT2D eigenvalue weighted by molar-refractivity contribution is -0.128. The molecule has 5 rings (SSSR count). The first-order valence-corrected chi connectivity index (χ1v) is 18.9. The number of aliphatic hydroxyl groups excluding tert-OH is 1. The molecule has 1 saturated heterocycles. The topological polar surface area (TPSA) is 94.6 Å². The second-order valence-corrected chi connectivity index (χ2v) is 15.0. The zero-order valence-electron chi connectivity index (χ0n) is 29.4. The number of aliphatic hydroxyl groups is 1. The highest BCUT2D eigenvalue weighted by Gasteiger charge is 2.39. The van der Waals surface area contributed by atoms with E-state index >= 15 is 0 Å². The summed E-state index contributed by atoms with van der Waals surface area (Å²) in [7, 11) is 3.59. The van der Waals surface area contributed by atoms with Crippen molar-refractivity contribution in [2.24, 2.45) is 11.8 Å². The van der Waals surface area contributed by atoms with Crippen LogP contribution in [0.5, 0.6) is 5.75 Å². The molecule has 49 heavy (non-hydrogen) atoms. The number of ether oxygens (including phenoxy) is 2. The third-order valence-corrected chi connectivity index (χ3v) is 11.4. The van der Waals surface area contributed by atoms with Gasteiger partial charge < -0.3 is 24.4 Å². The molecular formula is C38H53ClN4O5S. The van der Waals surface area contributed by atoms with Gasteiger partial charge in [0.1, 0.15) is 5.75 Å². The molecule has 2 aromatic rings. The molecule has 9 nitrogen and oxygen atoms in total. The number of amides is 2. The van der Waals surface area contributed by atoms with Gasteiger partial charge in [0.2, 0.25) is 5.91 Å². The van der Waals surface area contributed by atoms with Crippen LogP contribution in [0.3, 0.4) is 0 Å². The van der Waals surface area contributed by atoms with Crippen molar-refractivity contribution in [3.8, 4) is 5.75 Å². The number of nitrogens with one attached hydrogen (secondary N) is 1. The van der Waals surface area contributed by atoms with Crippen LogP contribution in [0.25, 0.3) is 0 Å². The number of hydrogen-bond donors (Lipinski definition) is 2. The monoisotopic (exact) mass is 712 g/mol. The molecule has 1 saturated carbocycles. The number of anilines is 1. The van der Waals surface area contributed by atoms with Gasteiger partial charge in [-0.15, -0.1) is 0 Å². The number of hydrogen-bond acceptors (Lipinski definition) is 8. The first-order valence-electron chi connectivity index (χ1n) is 17.8. The van der Waals surface area contributed by atoms with Gasteiger partial charge in [0.25, 0.3) is 5.91 Å². The third-order valence-electron chi connectivity index (χ3n) is 10.3. The van der Waals surface area contributed by atoms with Crippen molar-refractivity contribution >= 4 is 41.2 Å². The minimum atomic E-state index is -1.30. The van der Waals surface area contributed by atoms with Crippen LogP contribution in [0.2, 0.25) is 5.02 Å². The number of carbonyl (C=O) groups is 2. The van der Waals surface area contributed by atoms with E-state index in [1.54, 1.807) is 25.0 Å². The number of halogens is 1. The lowest BCUT2D eigenvalue weighted by Gasteiger charge is -2.43. The molecule has 0 bridgehead atoms. The van der Waals surface area contributed by atoms with Crippen LogP contribution >= 0.6 is 23.7 Å². The molecule has 2 N–H and O–H groups in total. The number of fused-ring (bicyclic) bond motifs is 1. The fraction of sp³-hybridized carbons (Fsp3) is 0.579. The van der Waals surface area contributed by atoms with Gasteiger partial charge in [-0.25, -0.2) is 4.31 Å². The van der Waals surface area contributed by atoms with E-state index in [4.69, 9.17) is 21.1 Å². The van der Waals surface area contributed by atoms with E-state index in [9.17, 15) is 14.7 Å². The quantitative estimate of drug-likeness (QED) is 0.159. The summed E-state index contributed by atoms with van der Waals surface area (Å²) in [6, 6.07) is 11.8. The van der Waals surface area contributed by atoms with E-state index in [1.165, 1.54) is 23.3 Å². The van der Waals surface area contributed by atoms with Crippen LogP contribution in [0, 0.1) is 11.8 Å². The molecule has 2 amide bonds.